The van der Waals surface area contributed by atoms with Crippen molar-refractivity contribution in [2.24, 2.45) is 0 Å². The molecule has 1 aliphatic heterocycles. The standard InChI is InChI=1S/C12H14BrF3N2O2S/c13-9-4-8(12(14,15)16)5-10(6-9)18-21(19,20)11-2-1-3-17-7-11/h4-6,11,17-18H,1-3,7H2. The molecular weight excluding hydrogens is 373 g/mol. The molecule has 1 fully saturated rings. The highest BCUT2D eigenvalue weighted by molar-refractivity contribution is 9.10. The van der Waals surface area contributed by atoms with Crippen LogP contribution >= 0.6 is 15.9 Å². The highest BCUT2D eigenvalue weighted by Gasteiger charge is 2.32. The molecule has 1 heterocycles. The minimum Gasteiger partial charge on any atom is -0.315 e. The average molecular weight is 387 g/mol. The molecule has 2 rings (SSSR count). The summed E-state index contributed by atoms with van der Waals surface area (Å²) >= 11 is 2.96. The second kappa shape index (κ2) is 6.13. The molecular formula is C12H14BrF3N2O2S. The summed E-state index contributed by atoms with van der Waals surface area (Å²) in [5.74, 6) is 0. The van der Waals surface area contributed by atoms with E-state index in [0.29, 0.717) is 13.0 Å². The Bertz CT molecular complexity index is 613. The van der Waals surface area contributed by atoms with Gasteiger partial charge in [0.25, 0.3) is 0 Å². The molecule has 0 amide bonds. The molecule has 1 unspecified atom stereocenters. The number of anilines is 1. The van der Waals surface area contributed by atoms with Gasteiger partial charge >= 0.3 is 6.18 Å². The number of rotatable bonds is 3. The Morgan fingerprint density at radius 1 is 1.29 bits per heavy atom. The van der Waals surface area contributed by atoms with Crippen LogP contribution in [0.2, 0.25) is 0 Å². The number of piperidine rings is 1. The fourth-order valence-corrected chi connectivity index (χ4v) is 4.07. The Labute approximate surface area is 129 Å². The second-order valence-electron chi connectivity index (χ2n) is 4.84. The van der Waals surface area contributed by atoms with Gasteiger partial charge in [-0.2, -0.15) is 13.2 Å². The van der Waals surface area contributed by atoms with Crippen LogP contribution in [-0.2, 0) is 16.2 Å². The Balaban J connectivity index is 2.24. The number of hydrogen-bond acceptors (Lipinski definition) is 3. The Kier molecular flexibility index (Phi) is 4.84. The third-order valence-electron chi connectivity index (χ3n) is 3.18. The van der Waals surface area contributed by atoms with Gasteiger partial charge in [0.15, 0.2) is 0 Å². The molecule has 1 aromatic carbocycles. The van der Waals surface area contributed by atoms with Gasteiger partial charge in [-0.15, -0.1) is 0 Å². The molecule has 1 atom stereocenters. The summed E-state index contributed by atoms with van der Waals surface area (Å²) in [5, 5.41) is 2.33. The molecule has 1 saturated heterocycles. The summed E-state index contributed by atoms with van der Waals surface area (Å²) in [4.78, 5) is 0. The van der Waals surface area contributed by atoms with Gasteiger partial charge < -0.3 is 5.32 Å². The van der Waals surface area contributed by atoms with Crippen LogP contribution < -0.4 is 10.0 Å². The summed E-state index contributed by atoms with van der Waals surface area (Å²) in [6.45, 7) is 1.05. The van der Waals surface area contributed by atoms with E-state index in [0.717, 1.165) is 25.1 Å². The fourth-order valence-electron chi connectivity index (χ4n) is 2.14. The van der Waals surface area contributed by atoms with Crippen LogP contribution in [0.5, 0.6) is 0 Å². The molecule has 1 aromatic rings. The lowest BCUT2D eigenvalue weighted by atomic mass is 10.2. The number of hydrogen-bond donors (Lipinski definition) is 2. The first-order valence-corrected chi connectivity index (χ1v) is 8.62. The fraction of sp³-hybridized carbons (Fsp3) is 0.500. The van der Waals surface area contributed by atoms with Crippen molar-refractivity contribution in [3.05, 3.63) is 28.2 Å². The predicted octanol–water partition coefficient (Wildman–Crippen LogP) is 2.96. The van der Waals surface area contributed by atoms with Gasteiger partial charge in [0.2, 0.25) is 10.0 Å². The van der Waals surface area contributed by atoms with Crippen LogP contribution in [0.1, 0.15) is 18.4 Å². The van der Waals surface area contributed by atoms with Crippen molar-refractivity contribution in [1.82, 2.24) is 5.32 Å². The highest BCUT2D eigenvalue weighted by atomic mass is 79.9. The van der Waals surface area contributed by atoms with Crippen molar-refractivity contribution in [2.45, 2.75) is 24.3 Å². The maximum Gasteiger partial charge on any atom is 0.416 e. The van der Waals surface area contributed by atoms with Crippen molar-refractivity contribution >= 4 is 31.6 Å². The molecule has 21 heavy (non-hydrogen) atoms. The minimum absolute atomic E-state index is 0.0951. The van der Waals surface area contributed by atoms with E-state index in [1.54, 1.807) is 0 Å². The van der Waals surface area contributed by atoms with Gasteiger partial charge in [-0.1, -0.05) is 15.9 Å². The van der Waals surface area contributed by atoms with Gasteiger partial charge in [0, 0.05) is 11.0 Å². The van der Waals surface area contributed by atoms with Gasteiger partial charge in [-0.25, -0.2) is 8.42 Å². The molecule has 4 nitrogen and oxygen atoms in total. The summed E-state index contributed by atoms with van der Waals surface area (Å²) in [6, 6.07) is 3.00. The van der Waals surface area contributed by atoms with Crippen molar-refractivity contribution in [3.8, 4) is 0 Å². The van der Waals surface area contributed by atoms with Crippen LogP contribution in [0.3, 0.4) is 0 Å². The molecule has 1 aliphatic rings. The molecule has 0 bridgehead atoms. The van der Waals surface area contributed by atoms with Gasteiger partial charge in [0.05, 0.1) is 16.5 Å². The van der Waals surface area contributed by atoms with Crippen LogP contribution in [0.4, 0.5) is 18.9 Å². The third-order valence-corrected chi connectivity index (χ3v) is 5.43. The predicted molar refractivity (Wildman–Crippen MR) is 77.6 cm³/mol. The van der Waals surface area contributed by atoms with Crippen molar-refractivity contribution in [1.29, 1.82) is 0 Å². The highest BCUT2D eigenvalue weighted by Crippen LogP contribution is 2.33. The summed E-state index contributed by atoms with van der Waals surface area (Å²) in [5.41, 5.74) is -1.00. The average Bonchev–Trinajstić information content (AvgIpc) is 2.37. The maximum absolute atomic E-state index is 12.7. The van der Waals surface area contributed by atoms with Gasteiger partial charge in [0.1, 0.15) is 0 Å². The molecule has 0 saturated carbocycles. The maximum atomic E-state index is 12.7. The van der Waals surface area contributed by atoms with Crippen molar-refractivity contribution < 1.29 is 21.6 Å². The quantitative estimate of drug-likeness (QED) is 0.839. The lowest BCUT2D eigenvalue weighted by Gasteiger charge is -2.23. The molecule has 0 spiro atoms. The molecule has 0 radical (unpaired) electrons. The van der Waals surface area contributed by atoms with Gasteiger partial charge in [-0.3, -0.25) is 4.72 Å². The summed E-state index contributed by atoms with van der Waals surface area (Å²) in [6.07, 6.45) is -3.32. The first kappa shape index (κ1) is 16.6. The van der Waals surface area contributed by atoms with Crippen LogP contribution in [0, 0.1) is 0 Å². The Morgan fingerprint density at radius 3 is 2.57 bits per heavy atom. The van der Waals surface area contributed by atoms with E-state index < -0.39 is 27.0 Å². The number of sulfonamides is 1. The third kappa shape index (κ3) is 4.33. The zero-order valence-electron chi connectivity index (χ0n) is 10.9. The summed E-state index contributed by atoms with van der Waals surface area (Å²) in [7, 11) is -3.72. The van der Waals surface area contributed by atoms with Crippen LogP contribution in [0.25, 0.3) is 0 Å². The van der Waals surface area contributed by atoms with Crippen LogP contribution in [0.15, 0.2) is 22.7 Å². The molecule has 2 N–H and O–H groups in total. The number of benzene rings is 1. The van der Waals surface area contributed by atoms with E-state index in [9.17, 15) is 21.6 Å². The van der Waals surface area contributed by atoms with E-state index in [1.807, 2.05) is 0 Å². The minimum atomic E-state index is -4.53. The largest absolute Gasteiger partial charge is 0.416 e. The lowest BCUT2D eigenvalue weighted by Crippen LogP contribution is -2.41. The van der Waals surface area contributed by atoms with Crippen LogP contribution in [-0.4, -0.2) is 26.8 Å². The Morgan fingerprint density at radius 2 is 2.00 bits per heavy atom. The first-order valence-electron chi connectivity index (χ1n) is 6.28. The van der Waals surface area contributed by atoms with E-state index in [4.69, 9.17) is 0 Å². The monoisotopic (exact) mass is 386 g/mol. The zero-order valence-corrected chi connectivity index (χ0v) is 13.3. The smallest absolute Gasteiger partial charge is 0.315 e. The van der Waals surface area contributed by atoms with Gasteiger partial charge in [-0.05, 0) is 37.6 Å². The first-order chi connectivity index (χ1) is 9.68. The van der Waals surface area contributed by atoms with E-state index >= 15 is 0 Å². The number of halogens is 4. The SMILES string of the molecule is O=S(=O)(Nc1cc(Br)cc(C(F)(F)F)c1)C1CCCNC1. The van der Waals surface area contributed by atoms with E-state index in [-0.39, 0.29) is 10.2 Å². The molecule has 0 aromatic heterocycles. The zero-order chi connectivity index (χ0) is 15.7. The van der Waals surface area contributed by atoms with E-state index in [1.165, 1.54) is 6.07 Å². The number of nitrogens with one attached hydrogen (secondary N) is 2. The van der Waals surface area contributed by atoms with Crippen molar-refractivity contribution in [2.75, 3.05) is 17.8 Å². The topological polar surface area (TPSA) is 58.2 Å². The number of alkyl halides is 3. The van der Waals surface area contributed by atoms with E-state index in [2.05, 4.69) is 26.0 Å². The summed E-state index contributed by atoms with van der Waals surface area (Å²) < 4.78 is 64.9. The molecule has 118 valence electrons. The normalized spacial score (nSPS) is 20.3. The Hall–Kier alpha value is -0.800. The van der Waals surface area contributed by atoms with Crippen molar-refractivity contribution in [3.63, 3.8) is 0 Å². The second-order valence-corrected chi connectivity index (χ2v) is 7.72. The molecule has 9 heteroatoms. The molecule has 0 aliphatic carbocycles. The lowest BCUT2D eigenvalue weighted by molar-refractivity contribution is -0.137.